The molecule has 2 N–H and O–H groups in total. The van der Waals surface area contributed by atoms with Gasteiger partial charge in [-0.2, -0.15) is 0 Å². The summed E-state index contributed by atoms with van der Waals surface area (Å²) in [5, 5.41) is 0. The molecule has 2 unspecified atom stereocenters. The van der Waals surface area contributed by atoms with Crippen LogP contribution >= 0.6 is 0 Å². The van der Waals surface area contributed by atoms with Crippen LogP contribution in [-0.4, -0.2) is 31.1 Å². The first-order valence-corrected chi connectivity index (χ1v) is 7.90. The van der Waals surface area contributed by atoms with Crippen molar-refractivity contribution in [2.24, 2.45) is 23.0 Å². The van der Waals surface area contributed by atoms with E-state index >= 15 is 0 Å². The zero-order valence-corrected chi connectivity index (χ0v) is 12.6. The number of nitrogens with two attached hydrogens (primary N) is 1. The van der Waals surface area contributed by atoms with Crippen molar-refractivity contribution in [2.45, 2.75) is 64.8 Å². The summed E-state index contributed by atoms with van der Waals surface area (Å²) in [4.78, 5) is 2.56. The van der Waals surface area contributed by atoms with Crippen LogP contribution < -0.4 is 5.73 Å². The van der Waals surface area contributed by atoms with Crippen LogP contribution in [0.25, 0.3) is 0 Å². The van der Waals surface area contributed by atoms with E-state index < -0.39 is 0 Å². The number of hydrogen-bond acceptors (Lipinski definition) is 2. The van der Waals surface area contributed by atoms with Crippen molar-refractivity contribution in [1.82, 2.24) is 4.90 Å². The van der Waals surface area contributed by atoms with Crippen LogP contribution in [0, 0.1) is 17.3 Å². The Balaban J connectivity index is 1.79. The van der Waals surface area contributed by atoms with Gasteiger partial charge in [-0.3, -0.25) is 0 Å². The molecular weight excluding hydrogens is 220 g/mol. The molecule has 2 rings (SSSR count). The Kier molecular flexibility index (Phi) is 4.71. The van der Waals surface area contributed by atoms with E-state index in [-0.39, 0.29) is 0 Å². The third kappa shape index (κ3) is 3.96. The SMILES string of the molecule is CN(CC1CCCC1)CC1CC(C)(C)CCC1N. The van der Waals surface area contributed by atoms with Gasteiger partial charge in [-0.1, -0.05) is 26.7 Å². The molecule has 2 nitrogen and oxygen atoms in total. The average molecular weight is 252 g/mol. The fourth-order valence-corrected chi connectivity index (χ4v) is 4.06. The van der Waals surface area contributed by atoms with E-state index in [9.17, 15) is 0 Å². The molecule has 0 aromatic carbocycles. The van der Waals surface area contributed by atoms with Crippen LogP contribution in [0.4, 0.5) is 0 Å². The Labute approximate surface area is 113 Å². The van der Waals surface area contributed by atoms with Crippen molar-refractivity contribution in [3.05, 3.63) is 0 Å². The predicted molar refractivity (Wildman–Crippen MR) is 78.6 cm³/mol. The van der Waals surface area contributed by atoms with Crippen LogP contribution in [-0.2, 0) is 0 Å². The number of nitrogens with zero attached hydrogens (tertiary/aromatic N) is 1. The zero-order chi connectivity index (χ0) is 13.2. The molecule has 2 saturated carbocycles. The Morgan fingerprint density at radius 2 is 1.78 bits per heavy atom. The predicted octanol–water partition coefficient (Wildman–Crippen LogP) is 3.26. The smallest absolute Gasteiger partial charge is 0.00797 e. The maximum absolute atomic E-state index is 6.33. The van der Waals surface area contributed by atoms with Crippen molar-refractivity contribution in [2.75, 3.05) is 20.1 Å². The Morgan fingerprint density at radius 1 is 1.11 bits per heavy atom. The fourth-order valence-electron chi connectivity index (χ4n) is 4.06. The van der Waals surface area contributed by atoms with E-state index in [0.717, 1.165) is 5.92 Å². The fraction of sp³-hybridized carbons (Fsp3) is 1.00. The van der Waals surface area contributed by atoms with Crippen molar-refractivity contribution in [3.8, 4) is 0 Å². The van der Waals surface area contributed by atoms with Crippen molar-refractivity contribution in [3.63, 3.8) is 0 Å². The standard InChI is InChI=1S/C16H32N2/c1-16(2)9-8-15(17)14(10-16)12-18(3)11-13-6-4-5-7-13/h13-15H,4-12,17H2,1-3H3. The molecule has 18 heavy (non-hydrogen) atoms. The second-order valence-electron chi connectivity index (χ2n) is 7.70. The van der Waals surface area contributed by atoms with Gasteiger partial charge < -0.3 is 10.6 Å². The first-order chi connectivity index (χ1) is 8.46. The highest BCUT2D eigenvalue weighted by Gasteiger charge is 2.33. The summed E-state index contributed by atoms with van der Waals surface area (Å²) in [6.07, 6.45) is 9.64. The molecule has 0 radical (unpaired) electrons. The molecule has 0 spiro atoms. The summed E-state index contributed by atoms with van der Waals surface area (Å²) in [6, 6.07) is 0.434. The van der Waals surface area contributed by atoms with Gasteiger partial charge in [0.1, 0.15) is 0 Å². The molecule has 2 aliphatic carbocycles. The zero-order valence-electron chi connectivity index (χ0n) is 12.6. The van der Waals surface area contributed by atoms with Gasteiger partial charge in [0.2, 0.25) is 0 Å². The largest absolute Gasteiger partial charge is 0.327 e. The lowest BCUT2D eigenvalue weighted by Gasteiger charge is -2.41. The summed E-state index contributed by atoms with van der Waals surface area (Å²) >= 11 is 0. The molecule has 2 aliphatic rings. The monoisotopic (exact) mass is 252 g/mol. The third-order valence-corrected chi connectivity index (χ3v) is 5.17. The van der Waals surface area contributed by atoms with Crippen molar-refractivity contribution >= 4 is 0 Å². The topological polar surface area (TPSA) is 29.3 Å². The molecule has 0 aliphatic heterocycles. The summed E-state index contributed by atoms with van der Waals surface area (Å²) in [6.45, 7) is 7.32. The second kappa shape index (κ2) is 5.92. The van der Waals surface area contributed by atoms with E-state index in [4.69, 9.17) is 5.73 Å². The van der Waals surface area contributed by atoms with Gasteiger partial charge in [0, 0.05) is 19.1 Å². The van der Waals surface area contributed by atoms with Gasteiger partial charge >= 0.3 is 0 Å². The molecule has 0 heterocycles. The minimum absolute atomic E-state index is 0.434. The summed E-state index contributed by atoms with van der Waals surface area (Å²) in [7, 11) is 2.30. The van der Waals surface area contributed by atoms with Crippen LogP contribution in [0.2, 0.25) is 0 Å². The van der Waals surface area contributed by atoms with Crippen LogP contribution in [0.3, 0.4) is 0 Å². The minimum Gasteiger partial charge on any atom is -0.327 e. The highest BCUT2D eigenvalue weighted by atomic mass is 15.1. The molecule has 2 atom stereocenters. The molecule has 0 aromatic rings. The van der Waals surface area contributed by atoms with Gasteiger partial charge in [0.15, 0.2) is 0 Å². The molecule has 2 heteroatoms. The van der Waals surface area contributed by atoms with Gasteiger partial charge in [0.25, 0.3) is 0 Å². The molecule has 0 aromatic heterocycles. The van der Waals surface area contributed by atoms with Crippen LogP contribution in [0.1, 0.15) is 58.8 Å². The number of rotatable bonds is 4. The molecular formula is C16H32N2. The van der Waals surface area contributed by atoms with E-state index in [1.807, 2.05) is 0 Å². The highest BCUT2D eigenvalue weighted by molar-refractivity contribution is 4.88. The second-order valence-corrected chi connectivity index (χ2v) is 7.70. The van der Waals surface area contributed by atoms with Gasteiger partial charge in [0.05, 0.1) is 0 Å². The first-order valence-electron chi connectivity index (χ1n) is 7.90. The minimum atomic E-state index is 0.434. The van der Waals surface area contributed by atoms with Gasteiger partial charge in [-0.25, -0.2) is 0 Å². The molecule has 2 fully saturated rings. The molecule has 0 saturated heterocycles. The summed E-state index contributed by atoms with van der Waals surface area (Å²) in [5.74, 6) is 1.67. The van der Waals surface area contributed by atoms with Gasteiger partial charge in [-0.15, -0.1) is 0 Å². The highest BCUT2D eigenvalue weighted by Crippen LogP contribution is 2.38. The van der Waals surface area contributed by atoms with E-state index in [1.165, 1.54) is 58.0 Å². The van der Waals surface area contributed by atoms with E-state index in [0.29, 0.717) is 17.4 Å². The maximum atomic E-state index is 6.33. The Morgan fingerprint density at radius 3 is 2.44 bits per heavy atom. The number of hydrogen-bond donors (Lipinski definition) is 1. The summed E-state index contributed by atoms with van der Waals surface area (Å²) in [5.41, 5.74) is 6.84. The average Bonchev–Trinajstić information content (AvgIpc) is 2.76. The molecule has 0 bridgehead atoms. The van der Waals surface area contributed by atoms with Crippen LogP contribution in [0.5, 0.6) is 0 Å². The molecule has 0 amide bonds. The van der Waals surface area contributed by atoms with E-state index in [1.54, 1.807) is 0 Å². The first kappa shape index (κ1) is 14.3. The summed E-state index contributed by atoms with van der Waals surface area (Å²) < 4.78 is 0. The lowest BCUT2D eigenvalue weighted by atomic mass is 9.70. The van der Waals surface area contributed by atoms with Crippen molar-refractivity contribution < 1.29 is 0 Å². The lowest BCUT2D eigenvalue weighted by molar-refractivity contribution is 0.119. The Hall–Kier alpha value is -0.0800. The molecule has 106 valence electrons. The maximum Gasteiger partial charge on any atom is 0.00797 e. The quantitative estimate of drug-likeness (QED) is 0.832. The third-order valence-electron chi connectivity index (χ3n) is 5.17. The van der Waals surface area contributed by atoms with Crippen LogP contribution in [0.15, 0.2) is 0 Å². The normalized spacial score (nSPS) is 33.2. The van der Waals surface area contributed by atoms with Gasteiger partial charge in [-0.05, 0) is 56.4 Å². The lowest BCUT2D eigenvalue weighted by Crippen LogP contribution is -2.45. The van der Waals surface area contributed by atoms with Crippen molar-refractivity contribution in [1.29, 1.82) is 0 Å². The Bertz CT molecular complexity index is 256. The van der Waals surface area contributed by atoms with E-state index in [2.05, 4.69) is 25.8 Å².